The minimum absolute atomic E-state index is 0.0835. The van der Waals surface area contributed by atoms with Gasteiger partial charge < -0.3 is 4.90 Å². The molecule has 0 unspecified atom stereocenters. The first-order valence-corrected chi connectivity index (χ1v) is 6.48. The summed E-state index contributed by atoms with van der Waals surface area (Å²) in [6, 6.07) is 7.44. The lowest BCUT2D eigenvalue weighted by Gasteiger charge is -2.22. The fraction of sp³-hybridized carbons (Fsp3) is 0.429. The first-order valence-electron chi connectivity index (χ1n) is 6.11. The number of carbonyl (C=O) groups excluding carboxylic acids is 1. The van der Waals surface area contributed by atoms with Gasteiger partial charge >= 0.3 is 0 Å². The van der Waals surface area contributed by atoms with E-state index in [1.54, 1.807) is 18.2 Å². The van der Waals surface area contributed by atoms with Crippen molar-refractivity contribution < 1.29 is 4.79 Å². The van der Waals surface area contributed by atoms with Crippen LogP contribution < -0.4 is 4.90 Å². The quantitative estimate of drug-likeness (QED) is 0.779. The zero-order valence-electron chi connectivity index (χ0n) is 10.1. The monoisotopic (exact) mass is 260 g/mol. The van der Waals surface area contributed by atoms with Gasteiger partial charge in [-0.1, -0.05) is 11.6 Å². The third-order valence-corrected chi connectivity index (χ3v) is 4.32. The molecular formula is C14H13ClN2O. The molecule has 1 atom stereocenters. The molecule has 1 saturated heterocycles. The zero-order valence-corrected chi connectivity index (χ0v) is 10.9. The molecular weight excluding hydrogens is 248 g/mol. The lowest BCUT2D eigenvalue weighted by Crippen LogP contribution is -2.32. The van der Waals surface area contributed by atoms with Gasteiger partial charge in [0, 0.05) is 11.7 Å². The topological polar surface area (TPSA) is 44.1 Å². The summed E-state index contributed by atoms with van der Waals surface area (Å²) in [5, 5.41) is 9.27. The maximum absolute atomic E-state index is 12.4. The number of hydrogen-bond donors (Lipinski definition) is 0. The van der Waals surface area contributed by atoms with E-state index >= 15 is 0 Å². The van der Waals surface area contributed by atoms with E-state index in [1.807, 2.05) is 11.0 Å². The molecule has 0 radical (unpaired) electrons. The van der Waals surface area contributed by atoms with Crippen molar-refractivity contribution in [2.75, 3.05) is 4.90 Å². The summed E-state index contributed by atoms with van der Waals surface area (Å²) in [6.07, 6.45) is 2.96. The Morgan fingerprint density at radius 3 is 2.72 bits per heavy atom. The van der Waals surface area contributed by atoms with Gasteiger partial charge in [0.1, 0.15) is 6.07 Å². The molecule has 1 saturated carbocycles. The van der Waals surface area contributed by atoms with Crippen LogP contribution in [0.2, 0.25) is 5.02 Å². The van der Waals surface area contributed by atoms with Gasteiger partial charge in [0.25, 0.3) is 0 Å². The van der Waals surface area contributed by atoms with Gasteiger partial charge in [-0.2, -0.15) is 5.26 Å². The van der Waals surface area contributed by atoms with Crippen LogP contribution in [0.25, 0.3) is 0 Å². The Morgan fingerprint density at radius 2 is 2.22 bits per heavy atom. The summed E-state index contributed by atoms with van der Waals surface area (Å²) in [6.45, 7) is 2.07. The van der Waals surface area contributed by atoms with Gasteiger partial charge in [-0.25, -0.2) is 0 Å². The largest absolute Gasteiger partial charge is 0.309 e. The molecule has 4 heteroatoms. The van der Waals surface area contributed by atoms with E-state index in [4.69, 9.17) is 16.9 Å². The van der Waals surface area contributed by atoms with E-state index in [9.17, 15) is 4.79 Å². The van der Waals surface area contributed by atoms with Gasteiger partial charge in [0.2, 0.25) is 5.91 Å². The first-order chi connectivity index (χ1) is 8.57. The molecule has 0 aromatic heterocycles. The van der Waals surface area contributed by atoms with Gasteiger partial charge in [-0.15, -0.1) is 0 Å². The summed E-state index contributed by atoms with van der Waals surface area (Å²) in [7, 11) is 0. The number of nitrogens with zero attached hydrogens (tertiary/aromatic N) is 2. The minimum atomic E-state index is -0.0835. The Hall–Kier alpha value is -1.53. The highest BCUT2D eigenvalue weighted by Crippen LogP contribution is 2.56. The number of nitriles is 1. The molecule has 0 N–H and O–H groups in total. The lowest BCUT2D eigenvalue weighted by atomic mass is 10.0. The highest BCUT2D eigenvalue weighted by atomic mass is 35.5. The zero-order chi connectivity index (χ0) is 12.9. The van der Waals surface area contributed by atoms with Crippen LogP contribution in [0, 0.1) is 16.7 Å². The molecule has 92 valence electrons. The molecule has 1 spiro atoms. The Kier molecular flexibility index (Phi) is 2.39. The summed E-state index contributed by atoms with van der Waals surface area (Å²) >= 11 is 6.03. The molecule has 2 aliphatic rings. The van der Waals surface area contributed by atoms with Gasteiger partial charge in [0.15, 0.2) is 0 Å². The smallest absolute Gasteiger partial charge is 0.233 e. The van der Waals surface area contributed by atoms with Gasteiger partial charge in [0.05, 0.1) is 16.0 Å². The summed E-state index contributed by atoms with van der Waals surface area (Å²) in [5.41, 5.74) is 1.17. The van der Waals surface area contributed by atoms with Crippen molar-refractivity contribution in [3.8, 4) is 6.07 Å². The van der Waals surface area contributed by atoms with Crippen molar-refractivity contribution in [2.24, 2.45) is 5.41 Å². The standard InChI is InChI=1S/C14H13ClN2O/c1-9-7-14(4-5-14)13(18)17(9)11-3-2-10(8-16)12(15)6-11/h2-3,6,9H,4-5,7H2,1H3/t9-/m0/s1. The van der Waals surface area contributed by atoms with Crippen LogP contribution in [0.1, 0.15) is 31.7 Å². The third-order valence-electron chi connectivity index (χ3n) is 4.00. The van der Waals surface area contributed by atoms with Gasteiger partial charge in [-0.05, 0) is 44.4 Å². The molecule has 0 bridgehead atoms. The Labute approximate surface area is 111 Å². The van der Waals surface area contributed by atoms with Crippen LogP contribution in [-0.4, -0.2) is 11.9 Å². The van der Waals surface area contributed by atoms with Gasteiger partial charge in [-0.3, -0.25) is 4.79 Å². The van der Waals surface area contributed by atoms with Crippen molar-refractivity contribution in [2.45, 2.75) is 32.2 Å². The average molecular weight is 261 g/mol. The number of hydrogen-bond acceptors (Lipinski definition) is 2. The number of benzene rings is 1. The fourth-order valence-corrected chi connectivity index (χ4v) is 3.10. The number of anilines is 1. The van der Waals surface area contributed by atoms with Crippen LogP contribution in [-0.2, 0) is 4.79 Å². The number of rotatable bonds is 1. The van der Waals surface area contributed by atoms with E-state index in [1.165, 1.54) is 0 Å². The number of amides is 1. The third kappa shape index (κ3) is 1.53. The van der Waals surface area contributed by atoms with E-state index in [2.05, 4.69) is 6.92 Å². The van der Waals surface area contributed by atoms with E-state index in [-0.39, 0.29) is 17.4 Å². The maximum atomic E-state index is 12.4. The number of carbonyl (C=O) groups is 1. The molecule has 1 aliphatic carbocycles. The Morgan fingerprint density at radius 1 is 1.50 bits per heavy atom. The summed E-state index contributed by atoms with van der Waals surface area (Å²) < 4.78 is 0. The van der Waals surface area contributed by atoms with Crippen molar-refractivity contribution in [1.82, 2.24) is 0 Å². The molecule has 3 nitrogen and oxygen atoms in total. The van der Waals surface area contributed by atoms with E-state index in [0.29, 0.717) is 10.6 Å². The molecule has 1 heterocycles. The maximum Gasteiger partial charge on any atom is 0.233 e. The van der Waals surface area contributed by atoms with Crippen molar-refractivity contribution >= 4 is 23.2 Å². The van der Waals surface area contributed by atoms with Crippen LogP contribution in [0.5, 0.6) is 0 Å². The first kappa shape index (κ1) is 11.6. The second-order valence-corrected chi connectivity index (χ2v) is 5.69. The molecule has 1 aromatic carbocycles. The Bertz CT molecular complexity index is 572. The van der Waals surface area contributed by atoms with Crippen LogP contribution in [0.4, 0.5) is 5.69 Å². The molecule has 1 aromatic rings. The average Bonchev–Trinajstić information content (AvgIpc) is 3.05. The normalized spacial score (nSPS) is 24.4. The highest BCUT2D eigenvalue weighted by molar-refractivity contribution is 6.32. The molecule has 3 rings (SSSR count). The second-order valence-electron chi connectivity index (χ2n) is 5.28. The SMILES string of the molecule is C[C@H]1CC2(CC2)C(=O)N1c1ccc(C#N)c(Cl)c1. The van der Waals surface area contributed by atoms with Crippen LogP contribution in [0.15, 0.2) is 18.2 Å². The summed E-state index contributed by atoms with van der Waals surface area (Å²) in [5.74, 6) is 0.218. The predicted molar refractivity (Wildman–Crippen MR) is 69.4 cm³/mol. The highest BCUT2D eigenvalue weighted by Gasteiger charge is 2.58. The fourth-order valence-electron chi connectivity index (χ4n) is 2.88. The van der Waals surface area contributed by atoms with Crippen LogP contribution >= 0.6 is 11.6 Å². The lowest BCUT2D eigenvalue weighted by molar-refractivity contribution is -0.121. The molecule has 1 aliphatic heterocycles. The van der Waals surface area contributed by atoms with Crippen LogP contribution in [0.3, 0.4) is 0 Å². The molecule has 1 amide bonds. The Balaban J connectivity index is 1.98. The van der Waals surface area contributed by atoms with Crippen molar-refractivity contribution in [3.05, 3.63) is 28.8 Å². The molecule has 18 heavy (non-hydrogen) atoms. The molecule has 2 fully saturated rings. The van der Waals surface area contributed by atoms with E-state index in [0.717, 1.165) is 24.9 Å². The summed E-state index contributed by atoms with van der Waals surface area (Å²) in [4.78, 5) is 14.2. The number of halogens is 1. The van der Waals surface area contributed by atoms with E-state index < -0.39 is 0 Å². The predicted octanol–water partition coefficient (Wildman–Crippen LogP) is 3.12. The second kappa shape index (κ2) is 3.73. The van der Waals surface area contributed by atoms with Crippen molar-refractivity contribution in [1.29, 1.82) is 5.26 Å². The minimum Gasteiger partial charge on any atom is -0.309 e. The van der Waals surface area contributed by atoms with Crippen molar-refractivity contribution in [3.63, 3.8) is 0 Å².